The van der Waals surface area contributed by atoms with E-state index in [4.69, 9.17) is 4.74 Å². The number of nitrogens with zero attached hydrogens (tertiary/aromatic N) is 2. The first-order valence-corrected chi connectivity index (χ1v) is 10.0. The molecule has 4 aromatic rings. The van der Waals surface area contributed by atoms with Crippen molar-refractivity contribution in [3.05, 3.63) is 83.9 Å². The molecule has 0 fully saturated rings. The Morgan fingerprint density at radius 2 is 1.93 bits per heavy atom. The Kier molecular flexibility index (Phi) is 5.63. The van der Waals surface area contributed by atoms with E-state index in [9.17, 15) is 4.79 Å². The maximum absolute atomic E-state index is 12.2. The number of carbonyl (C=O) groups is 1. The smallest absolute Gasteiger partial charge is 0.262 e. The van der Waals surface area contributed by atoms with Crippen molar-refractivity contribution >= 4 is 22.9 Å². The highest BCUT2D eigenvalue weighted by molar-refractivity contribution is 7.13. The van der Waals surface area contributed by atoms with Gasteiger partial charge in [0.15, 0.2) is 6.61 Å². The van der Waals surface area contributed by atoms with E-state index in [1.807, 2.05) is 79.0 Å². The van der Waals surface area contributed by atoms with E-state index in [-0.39, 0.29) is 12.5 Å². The number of amides is 1. The van der Waals surface area contributed by atoms with Crippen molar-refractivity contribution in [1.29, 1.82) is 0 Å². The van der Waals surface area contributed by atoms with Crippen LogP contribution < -0.4 is 10.1 Å². The van der Waals surface area contributed by atoms with Crippen molar-refractivity contribution in [2.24, 2.45) is 0 Å². The lowest BCUT2D eigenvalue weighted by Crippen LogP contribution is -2.20. The van der Waals surface area contributed by atoms with Crippen LogP contribution in [0.2, 0.25) is 0 Å². The molecule has 2 aromatic heterocycles. The number of anilines is 1. The summed E-state index contributed by atoms with van der Waals surface area (Å²) in [5.74, 6) is 0.467. The molecular weight excluding hydrogens is 382 g/mol. The molecule has 0 saturated carbocycles. The summed E-state index contributed by atoms with van der Waals surface area (Å²) in [4.78, 5) is 21.3. The van der Waals surface area contributed by atoms with Gasteiger partial charge in [0.25, 0.3) is 5.91 Å². The van der Waals surface area contributed by atoms with Crippen LogP contribution in [0.25, 0.3) is 22.0 Å². The van der Waals surface area contributed by atoms with Gasteiger partial charge in [0.2, 0.25) is 0 Å². The fourth-order valence-electron chi connectivity index (χ4n) is 2.82. The molecule has 0 radical (unpaired) electrons. The van der Waals surface area contributed by atoms with Gasteiger partial charge in [-0.3, -0.25) is 9.78 Å². The van der Waals surface area contributed by atoms with E-state index in [1.54, 1.807) is 17.5 Å². The number of hydrogen-bond acceptors (Lipinski definition) is 5. The number of carbonyl (C=O) groups excluding carboxylic acids is 1. The maximum atomic E-state index is 12.2. The number of ether oxygens (including phenoxy) is 1. The second kappa shape index (κ2) is 8.67. The van der Waals surface area contributed by atoms with Gasteiger partial charge in [-0.15, -0.1) is 11.3 Å². The summed E-state index contributed by atoms with van der Waals surface area (Å²) >= 11 is 1.54. The molecule has 0 spiro atoms. The van der Waals surface area contributed by atoms with Gasteiger partial charge in [0, 0.05) is 22.8 Å². The zero-order chi connectivity index (χ0) is 20.1. The van der Waals surface area contributed by atoms with Gasteiger partial charge in [-0.1, -0.05) is 30.3 Å². The second-order valence-electron chi connectivity index (χ2n) is 6.49. The number of hydrogen-bond donors (Lipinski definition) is 1. The summed E-state index contributed by atoms with van der Waals surface area (Å²) in [6, 6.07) is 21.0. The molecule has 2 heterocycles. The third-order valence-electron chi connectivity index (χ3n) is 4.19. The summed E-state index contributed by atoms with van der Waals surface area (Å²) in [5.41, 5.74) is 4.42. The summed E-state index contributed by atoms with van der Waals surface area (Å²) in [5, 5.41) is 5.73. The van der Waals surface area contributed by atoms with Crippen molar-refractivity contribution in [2.75, 3.05) is 11.9 Å². The molecule has 0 aliphatic rings. The van der Waals surface area contributed by atoms with Crippen LogP contribution in [0.4, 0.5) is 5.69 Å². The topological polar surface area (TPSA) is 64.1 Å². The first-order valence-electron chi connectivity index (χ1n) is 9.14. The van der Waals surface area contributed by atoms with E-state index in [0.717, 1.165) is 27.5 Å². The normalized spacial score (nSPS) is 10.5. The first kappa shape index (κ1) is 18.8. The van der Waals surface area contributed by atoms with E-state index >= 15 is 0 Å². The fraction of sp³-hybridized carbons (Fsp3) is 0.0870. The summed E-state index contributed by atoms with van der Waals surface area (Å²) in [6.45, 7) is 1.93. The zero-order valence-electron chi connectivity index (χ0n) is 15.8. The van der Waals surface area contributed by atoms with Crippen LogP contribution >= 0.6 is 11.3 Å². The van der Waals surface area contributed by atoms with Gasteiger partial charge in [0.05, 0.1) is 11.4 Å². The largest absolute Gasteiger partial charge is 0.484 e. The third-order valence-corrected chi connectivity index (χ3v) is 5.05. The van der Waals surface area contributed by atoms with E-state index in [0.29, 0.717) is 11.4 Å². The summed E-state index contributed by atoms with van der Waals surface area (Å²) in [6.07, 6.45) is 1.76. The number of nitrogens with one attached hydrogen (secondary N) is 1. The van der Waals surface area contributed by atoms with Crippen molar-refractivity contribution in [3.63, 3.8) is 0 Å². The molecule has 0 aliphatic carbocycles. The van der Waals surface area contributed by atoms with E-state index in [1.165, 1.54) is 0 Å². The molecular formula is C23H19N3O2S. The Labute approximate surface area is 173 Å². The molecule has 1 N–H and O–H groups in total. The highest BCUT2D eigenvalue weighted by atomic mass is 32.1. The Morgan fingerprint density at radius 3 is 2.76 bits per heavy atom. The molecule has 5 nitrogen and oxygen atoms in total. The third kappa shape index (κ3) is 4.86. The molecule has 29 heavy (non-hydrogen) atoms. The molecule has 2 aromatic carbocycles. The quantitative estimate of drug-likeness (QED) is 0.482. The van der Waals surface area contributed by atoms with Crippen LogP contribution in [0.3, 0.4) is 0 Å². The number of thiazole rings is 1. The fourth-order valence-corrected chi connectivity index (χ4v) is 3.63. The SMILES string of the molecule is Cc1cccc(OCC(=O)Nc2cccc(-c3csc(-c4ccccn4)n3)c2)c1. The van der Waals surface area contributed by atoms with Crippen molar-refractivity contribution in [2.45, 2.75) is 6.92 Å². The van der Waals surface area contributed by atoms with Gasteiger partial charge in [-0.25, -0.2) is 4.98 Å². The number of aryl methyl sites for hydroxylation is 1. The minimum atomic E-state index is -0.212. The minimum Gasteiger partial charge on any atom is -0.484 e. The lowest BCUT2D eigenvalue weighted by Gasteiger charge is -2.09. The average Bonchev–Trinajstić information content (AvgIpc) is 3.24. The monoisotopic (exact) mass is 401 g/mol. The Bertz CT molecular complexity index is 1130. The number of benzene rings is 2. The Hall–Kier alpha value is -3.51. The zero-order valence-corrected chi connectivity index (χ0v) is 16.6. The van der Waals surface area contributed by atoms with Gasteiger partial charge in [-0.2, -0.15) is 0 Å². The molecule has 0 bridgehead atoms. The predicted octanol–water partition coefficient (Wildman–Crippen LogP) is 5.20. The molecule has 0 saturated heterocycles. The standard InChI is InChI=1S/C23H19N3O2S/c1-16-6-4-9-19(12-16)28-14-22(27)25-18-8-5-7-17(13-18)21-15-29-23(26-21)20-10-2-3-11-24-20/h2-13,15H,14H2,1H3,(H,25,27). The van der Waals surface area contributed by atoms with Crippen molar-refractivity contribution in [3.8, 4) is 27.7 Å². The van der Waals surface area contributed by atoms with E-state index < -0.39 is 0 Å². The highest BCUT2D eigenvalue weighted by Gasteiger charge is 2.09. The van der Waals surface area contributed by atoms with Crippen molar-refractivity contribution < 1.29 is 9.53 Å². The summed E-state index contributed by atoms with van der Waals surface area (Å²) < 4.78 is 5.56. The van der Waals surface area contributed by atoms with Crippen LogP contribution in [0.1, 0.15) is 5.56 Å². The van der Waals surface area contributed by atoms with Crippen LogP contribution in [0.5, 0.6) is 5.75 Å². The number of pyridine rings is 1. The number of rotatable bonds is 6. The van der Waals surface area contributed by atoms with Gasteiger partial charge in [0.1, 0.15) is 10.8 Å². The van der Waals surface area contributed by atoms with E-state index in [2.05, 4.69) is 15.3 Å². The highest BCUT2D eigenvalue weighted by Crippen LogP contribution is 2.29. The number of aromatic nitrogens is 2. The minimum absolute atomic E-state index is 0.0474. The van der Waals surface area contributed by atoms with Crippen LogP contribution in [-0.4, -0.2) is 22.5 Å². The van der Waals surface area contributed by atoms with Crippen LogP contribution in [-0.2, 0) is 4.79 Å². The lowest BCUT2D eigenvalue weighted by atomic mass is 10.1. The molecule has 144 valence electrons. The van der Waals surface area contributed by atoms with Crippen LogP contribution in [0, 0.1) is 6.92 Å². The van der Waals surface area contributed by atoms with Crippen LogP contribution in [0.15, 0.2) is 78.3 Å². The molecule has 6 heteroatoms. The molecule has 0 unspecified atom stereocenters. The molecule has 0 aliphatic heterocycles. The maximum Gasteiger partial charge on any atom is 0.262 e. The first-order chi connectivity index (χ1) is 14.2. The van der Waals surface area contributed by atoms with Gasteiger partial charge in [-0.05, 0) is 48.9 Å². The lowest BCUT2D eigenvalue weighted by molar-refractivity contribution is -0.118. The molecule has 1 amide bonds. The Balaban J connectivity index is 1.42. The van der Waals surface area contributed by atoms with Gasteiger partial charge < -0.3 is 10.1 Å². The van der Waals surface area contributed by atoms with Crippen molar-refractivity contribution in [1.82, 2.24) is 9.97 Å². The molecule has 0 atom stereocenters. The average molecular weight is 401 g/mol. The summed E-state index contributed by atoms with van der Waals surface area (Å²) in [7, 11) is 0. The molecule has 4 rings (SSSR count). The van der Waals surface area contributed by atoms with Gasteiger partial charge >= 0.3 is 0 Å². The Morgan fingerprint density at radius 1 is 1.03 bits per heavy atom. The second-order valence-corrected chi connectivity index (χ2v) is 7.35. The predicted molar refractivity (Wildman–Crippen MR) is 116 cm³/mol.